The fourth-order valence-corrected chi connectivity index (χ4v) is 1.56. The van der Waals surface area contributed by atoms with Crippen molar-refractivity contribution in [2.24, 2.45) is 5.92 Å². The van der Waals surface area contributed by atoms with Crippen LogP contribution in [0.25, 0.3) is 0 Å². The summed E-state index contributed by atoms with van der Waals surface area (Å²) in [6.07, 6.45) is 7.61. The zero-order chi connectivity index (χ0) is 10.6. The summed E-state index contributed by atoms with van der Waals surface area (Å²) < 4.78 is 4.62. The van der Waals surface area contributed by atoms with Crippen LogP contribution in [0.4, 0.5) is 4.79 Å². The van der Waals surface area contributed by atoms with E-state index in [-0.39, 0.29) is 6.09 Å². The van der Waals surface area contributed by atoms with Gasteiger partial charge in [-0.3, -0.25) is 4.90 Å². The maximum atomic E-state index is 11.2. The van der Waals surface area contributed by atoms with Crippen molar-refractivity contribution in [3.8, 4) is 0 Å². The van der Waals surface area contributed by atoms with Gasteiger partial charge in [0.1, 0.15) is 0 Å². The molecule has 0 aromatic carbocycles. The van der Waals surface area contributed by atoms with Gasteiger partial charge in [0.15, 0.2) is 0 Å². The molecule has 14 heavy (non-hydrogen) atoms. The normalized spacial score (nSPS) is 20.6. The fraction of sp³-hybridized carbons (Fsp3) is 0.545. The third-order valence-corrected chi connectivity index (χ3v) is 2.39. The first-order valence-corrected chi connectivity index (χ1v) is 4.92. The molecular formula is C11H17NO2. The molecule has 78 valence electrons. The minimum Gasteiger partial charge on any atom is -0.452 e. The summed E-state index contributed by atoms with van der Waals surface area (Å²) >= 11 is 0. The molecule has 0 radical (unpaired) electrons. The maximum absolute atomic E-state index is 11.2. The average molecular weight is 195 g/mol. The molecule has 0 bridgehead atoms. The van der Waals surface area contributed by atoms with Crippen molar-refractivity contribution in [2.45, 2.75) is 26.7 Å². The molecule has 0 N–H and O–H groups in total. The van der Waals surface area contributed by atoms with E-state index in [1.54, 1.807) is 6.20 Å². The number of carbonyl (C=O) groups is 1. The van der Waals surface area contributed by atoms with E-state index in [9.17, 15) is 4.79 Å². The Kier molecular flexibility index (Phi) is 3.74. The van der Waals surface area contributed by atoms with Crippen molar-refractivity contribution in [3.05, 3.63) is 24.0 Å². The van der Waals surface area contributed by atoms with Gasteiger partial charge >= 0.3 is 6.09 Å². The quantitative estimate of drug-likeness (QED) is 0.678. The standard InChI is InChI=1S/C11H17NO2/c1-4-5-10-6-7-12(8-9(10)2)11(13)14-3/h6-8,10H,4-5H2,1-3H3. The van der Waals surface area contributed by atoms with Crippen LogP contribution < -0.4 is 0 Å². The smallest absolute Gasteiger partial charge is 0.417 e. The van der Waals surface area contributed by atoms with Gasteiger partial charge in [-0.15, -0.1) is 0 Å². The van der Waals surface area contributed by atoms with E-state index in [0.29, 0.717) is 5.92 Å². The van der Waals surface area contributed by atoms with Gasteiger partial charge in [-0.25, -0.2) is 4.79 Å². The average Bonchev–Trinajstić information content (AvgIpc) is 2.20. The van der Waals surface area contributed by atoms with Crippen molar-refractivity contribution in [1.29, 1.82) is 0 Å². The fourth-order valence-electron chi connectivity index (χ4n) is 1.56. The van der Waals surface area contributed by atoms with Crippen molar-refractivity contribution in [2.75, 3.05) is 7.11 Å². The second-order valence-electron chi connectivity index (χ2n) is 3.49. The largest absolute Gasteiger partial charge is 0.452 e. The summed E-state index contributed by atoms with van der Waals surface area (Å²) in [5.74, 6) is 0.473. The summed E-state index contributed by atoms with van der Waals surface area (Å²) in [5, 5.41) is 0. The van der Waals surface area contributed by atoms with Crippen LogP contribution in [0, 0.1) is 5.92 Å². The first-order chi connectivity index (χ1) is 6.69. The molecule has 1 aliphatic rings. The topological polar surface area (TPSA) is 29.5 Å². The Morgan fingerprint density at radius 3 is 2.86 bits per heavy atom. The van der Waals surface area contributed by atoms with Gasteiger partial charge in [0.25, 0.3) is 0 Å². The number of hydrogen-bond acceptors (Lipinski definition) is 2. The molecule has 1 amide bonds. The highest BCUT2D eigenvalue weighted by Crippen LogP contribution is 2.23. The van der Waals surface area contributed by atoms with Crippen molar-refractivity contribution in [3.63, 3.8) is 0 Å². The van der Waals surface area contributed by atoms with Gasteiger partial charge in [-0.1, -0.05) is 19.4 Å². The van der Waals surface area contributed by atoms with Gasteiger partial charge in [0, 0.05) is 18.3 Å². The lowest BCUT2D eigenvalue weighted by molar-refractivity contribution is 0.150. The molecule has 1 unspecified atom stereocenters. The second-order valence-corrected chi connectivity index (χ2v) is 3.49. The molecule has 0 aromatic rings. The van der Waals surface area contributed by atoms with Crippen LogP contribution in [0.2, 0.25) is 0 Å². The van der Waals surface area contributed by atoms with Crippen LogP contribution in [0.15, 0.2) is 24.0 Å². The Hall–Kier alpha value is -1.25. The first-order valence-electron chi connectivity index (χ1n) is 4.92. The Morgan fingerprint density at radius 2 is 2.36 bits per heavy atom. The highest BCUT2D eigenvalue weighted by Gasteiger charge is 2.16. The van der Waals surface area contributed by atoms with Crippen LogP contribution in [-0.4, -0.2) is 18.1 Å². The Bertz CT molecular complexity index is 268. The highest BCUT2D eigenvalue weighted by atomic mass is 16.5. The summed E-state index contributed by atoms with van der Waals surface area (Å²) in [6, 6.07) is 0. The third kappa shape index (κ3) is 2.37. The number of allylic oxidation sites excluding steroid dienone is 2. The summed E-state index contributed by atoms with van der Waals surface area (Å²) in [5.41, 5.74) is 1.21. The lowest BCUT2D eigenvalue weighted by atomic mass is 9.94. The summed E-state index contributed by atoms with van der Waals surface area (Å²) in [4.78, 5) is 12.7. The molecule has 1 aliphatic heterocycles. The van der Waals surface area contributed by atoms with Gasteiger partial charge in [-0.05, 0) is 18.9 Å². The van der Waals surface area contributed by atoms with E-state index < -0.39 is 0 Å². The minimum atomic E-state index is -0.337. The summed E-state index contributed by atoms with van der Waals surface area (Å²) in [7, 11) is 1.39. The van der Waals surface area contributed by atoms with Crippen LogP contribution >= 0.6 is 0 Å². The minimum absolute atomic E-state index is 0.337. The lowest BCUT2D eigenvalue weighted by Gasteiger charge is -2.22. The molecule has 3 heteroatoms. The predicted molar refractivity (Wildman–Crippen MR) is 55.5 cm³/mol. The first kappa shape index (κ1) is 10.8. The monoisotopic (exact) mass is 195 g/mol. The predicted octanol–water partition coefficient (Wildman–Crippen LogP) is 2.90. The number of methoxy groups -OCH3 is 1. The number of nitrogens with zero attached hydrogens (tertiary/aromatic N) is 1. The van der Waals surface area contributed by atoms with Crippen LogP contribution in [0.5, 0.6) is 0 Å². The second kappa shape index (κ2) is 4.84. The van der Waals surface area contributed by atoms with Crippen molar-refractivity contribution >= 4 is 6.09 Å². The molecule has 1 atom stereocenters. The third-order valence-electron chi connectivity index (χ3n) is 2.39. The number of rotatable bonds is 2. The molecule has 1 rings (SSSR count). The van der Waals surface area contributed by atoms with Gasteiger partial charge in [-0.2, -0.15) is 0 Å². The number of hydrogen-bond donors (Lipinski definition) is 0. The maximum Gasteiger partial charge on any atom is 0.417 e. The molecule has 0 fully saturated rings. The van der Waals surface area contributed by atoms with Crippen LogP contribution in [0.3, 0.4) is 0 Å². The molecular weight excluding hydrogens is 178 g/mol. The molecule has 0 aromatic heterocycles. The van der Waals surface area contributed by atoms with Gasteiger partial charge < -0.3 is 4.74 Å². The van der Waals surface area contributed by atoms with E-state index in [1.807, 2.05) is 13.1 Å². The molecule has 0 saturated carbocycles. The van der Waals surface area contributed by atoms with E-state index in [0.717, 1.165) is 12.8 Å². The number of ether oxygens (including phenoxy) is 1. The Morgan fingerprint density at radius 1 is 1.64 bits per heavy atom. The molecule has 3 nitrogen and oxygen atoms in total. The Balaban J connectivity index is 2.66. The molecule has 0 aliphatic carbocycles. The van der Waals surface area contributed by atoms with Gasteiger partial charge in [0.2, 0.25) is 0 Å². The SMILES string of the molecule is CCCC1C=CN(C(=O)OC)C=C1C. The van der Waals surface area contributed by atoms with Crippen molar-refractivity contribution in [1.82, 2.24) is 4.90 Å². The zero-order valence-electron chi connectivity index (χ0n) is 8.99. The van der Waals surface area contributed by atoms with Crippen molar-refractivity contribution < 1.29 is 9.53 Å². The molecule has 0 spiro atoms. The van der Waals surface area contributed by atoms with E-state index in [2.05, 4.69) is 17.7 Å². The van der Waals surface area contributed by atoms with Crippen LogP contribution in [-0.2, 0) is 4.74 Å². The number of carbonyl (C=O) groups excluding carboxylic acids is 1. The molecule has 0 saturated heterocycles. The highest BCUT2D eigenvalue weighted by molar-refractivity contribution is 5.70. The Labute approximate surface area is 85.0 Å². The van der Waals surface area contributed by atoms with E-state index in [4.69, 9.17) is 0 Å². The van der Waals surface area contributed by atoms with Gasteiger partial charge in [0.05, 0.1) is 7.11 Å². The van der Waals surface area contributed by atoms with Crippen LogP contribution in [0.1, 0.15) is 26.7 Å². The zero-order valence-corrected chi connectivity index (χ0v) is 8.99. The van der Waals surface area contributed by atoms with E-state index in [1.165, 1.54) is 17.6 Å². The summed E-state index contributed by atoms with van der Waals surface area (Å²) in [6.45, 7) is 4.20. The van der Waals surface area contributed by atoms with E-state index >= 15 is 0 Å². The molecule has 1 heterocycles. The lowest BCUT2D eigenvalue weighted by Crippen LogP contribution is -2.23. The number of amides is 1.